The molecule has 160 valence electrons. The number of aliphatic hydroxyl groups is 1. The molecule has 0 bridgehead atoms. The molecular formula is C21H34N6OS. The minimum absolute atomic E-state index is 0.271. The predicted molar refractivity (Wildman–Crippen MR) is 119 cm³/mol. The van der Waals surface area contributed by atoms with Crippen molar-refractivity contribution < 1.29 is 5.11 Å². The first kappa shape index (κ1) is 21.8. The van der Waals surface area contributed by atoms with Crippen molar-refractivity contribution in [1.29, 1.82) is 0 Å². The Balaban J connectivity index is 1.65. The van der Waals surface area contributed by atoms with Crippen molar-refractivity contribution in [2.75, 3.05) is 33.2 Å². The topological polar surface area (TPSA) is 77.7 Å². The molecule has 7 nitrogen and oxygen atoms in total. The third kappa shape index (κ3) is 5.58. The fourth-order valence-corrected chi connectivity index (χ4v) is 4.96. The molecule has 8 heteroatoms. The molecule has 1 aliphatic rings. The molecular weight excluding hydrogens is 384 g/mol. The highest BCUT2D eigenvalue weighted by atomic mass is 32.1. The number of aryl methyl sites for hydroxylation is 1. The Morgan fingerprint density at radius 3 is 2.90 bits per heavy atom. The summed E-state index contributed by atoms with van der Waals surface area (Å²) >= 11 is 1.84. The van der Waals surface area contributed by atoms with E-state index in [9.17, 15) is 5.11 Å². The van der Waals surface area contributed by atoms with E-state index in [2.05, 4.69) is 57.1 Å². The molecule has 3 unspecified atom stereocenters. The van der Waals surface area contributed by atoms with E-state index in [0.29, 0.717) is 12.0 Å². The van der Waals surface area contributed by atoms with Gasteiger partial charge in [0.2, 0.25) is 0 Å². The van der Waals surface area contributed by atoms with E-state index in [1.807, 2.05) is 24.6 Å². The predicted octanol–water partition coefficient (Wildman–Crippen LogP) is 2.33. The Hall–Kier alpha value is -1.90. The lowest BCUT2D eigenvalue weighted by Gasteiger charge is -2.39. The Morgan fingerprint density at radius 2 is 2.24 bits per heavy atom. The van der Waals surface area contributed by atoms with E-state index in [1.54, 1.807) is 17.8 Å². The Bertz CT molecular complexity index is 785. The lowest BCUT2D eigenvalue weighted by atomic mass is 9.88. The van der Waals surface area contributed by atoms with Crippen LogP contribution in [0.1, 0.15) is 43.2 Å². The van der Waals surface area contributed by atoms with Crippen LogP contribution in [0.4, 0.5) is 0 Å². The van der Waals surface area contributed by atoms with E-state index in [0.717, 1.165) is 31.2 Å². The van der Waals surface area contributed by atoms with Gasteiger partial charge in [0.1, 0.15) is 5.60 Å². The van der Waals surface area contributed by atoms with E-state index in [1.165, 1.54) is 17.7 Å². The molecule has 2 aromatic rings. The highest BCUT2D eigenvalue weighted by molar-refractivity contribution is 7.10. The quantitative estimate of drug-likeness (QED) is 0.475. The second-order valence-corrected chi connectivity index (χ2v) is 9.08. The first-order chi connectivity index (χ1) is 13.9. The number of piperidine rings is 1. The molecule has 3 rings (SSSR count). The van der Waals surface area contributed by atoms with Gasteiger partial charge >= 0.3 is 0 Å². The van der Waals surface area contributed by atoms with Crippen molar-refractivity contribution in [2.24, 2.45) is 18.0 Å². The maximum Gasteiger partial charge on any atom is 0.191 e. The van der Waals surface area contributed by atoms with Gasteiger partial charge in [0.05, 0.1) is 12.7 Å². The molecule has 2 aromatic heterocycles. The van der Waals surface area contributed by atoms with E-state index in [-0.39, 0.29) is 6.54 Å². The first-order valence-electron chi connectivity index (χ1n) is 10.4. The van der Waals surface area contributed by atoms with Crippen LogP contribution in [0, 0.1) is 5.92 Å². The number of hydrogen-bond acceptors (Lipinski definition) is 5. The van der Waals surface area contributed by atoms with E-state index >= 15 is 0 Å². The number of nitrogens with zero attached hydrogens (tertiary/aromatic N) is 4. The summed E-state index contributed by atoms with van der Waals surface area (Å²) in [6.45, 7) is 6.88. The van der Waals surface area contributed by atoms with Crippen LogP contribution in [-0.2, 0) is 12.6 Å². The van der Waals surface area contributed by atoms with Crippen LogP contribution < -0.4 is 10.6 Å². The molecule has 0 amide bonds. The molecule has 29 heavy (non-hydrogen) atoms. The molecule has 1 aliphatic heterocycles. The molecule has 0 radical (unpaired) electrons. The summed E-state index contributed by atoms with van der Waals surface area (Å²) in [7, 11) is 4.07. The second kappa shape index (κ2) is 9.73. The minimum Gasteiger partial charge on any atom is -0.383 e. The van der Waals surface area contributed by atoms with Gasteiger partial charge in [-0.3, -0.25) is 9.58 Å². The zero-order valence-corrected chi connectivity index (χ0v) is 18.7. The van der Waals surface area contributed by atoms with Gasteiger partial charge in [-0.1, -0.05) is 6.07 Å². The van der Waals surface area contributed by atoms with Crippen LogP contribution in [0.5, 0.6) is 0 Å². The fraction of sp³-hybridized carbons (Fsp3) is 0.619. The summed E-state index contributed by atoms with van der Waals surface area (Å²) in [5.74, 6) is 1.27. The zero-order valence-electron chi connectivity index (χ0n) is 17.9. The number of guanidine groups is 1. The molecule has 0 spiro atoms. The highest BCUT2D eigenvalue weighted by Crippen LogP contribution is 2.36. The average Bonchev–Trinajstić information content (AvgIpc) is 3.36. The standard InChI is InChI=1S/C21H34N6OS/c1-5-22-20(24-15-21(2,28)17-13-25-27(4)14-17)23-12-16-8-6-10-26(3)19(16)18-9-7-11-29-18/h7,9,11,13-14,16,19,28H,5-6,8,10,12,15H2,1-4H3,(H2,22,23,24). The van der Waals surface area contributed by atoms with Gasteiger partial charge in [-0.15, -0.1) is 11.3 Å². The van der Waals surface area contributed by atoms with Crippen LogP contribution in [0.25, 0.3) is 0 Å². The molecule has 1 saturated heterocycles. The second-order valence-electron chi connectivity index (χ2n) is 8.10. The van der Waals surface area contributed by atoms with Crippen molar-refractivity contribution in [3.8, 4) is 0 Å². The fourth-order valence-electron chi connectivity index (χ4n) is 3.98. The van der Waals surface area contributed by atoms with Crippen molar-refractivity contribution >= 4 is 17.3 Å². The average molecular weight is 419 g/mol. The molecule has 1 fully saturated rings. The van der Waals surface area contributed by atoms with Gasteiger partial charge in [-0.25, -0.2) is 4.99 Å². The van der Waals surface area contributed by atoms with Crippen molar-refractivity contribution in [3.05, 3.63) is 40.3 Å². The van der Waals surface area contributed by atoms with E-state index < -0.39 is 5.60 Å². The third-order valence-electron chi connectivity index (χ3n) is 5.59. The molecule has 0 aromatic carbocycles. The normalized spacial score (nSPS) is 23.0. The van der Waals surface area contributed by atoms with Crippen LogP contribution in [0.2, 0.25) is 0 Å². The summed E-state index contributed by atoms with van der Waals surface area (Å²) in [6, 6.07) is 4.82. The third-order valence-corrected chi connectivity index (χ3v) is 6.53. The van der Waals surface area contributed by atoms with Gasteiger partial charge in [-0.05, 0) is 57.6 Å². The van der Waals surface area contributed by atoms with Gasteiger partial charge in [0.25, 0.3) is 0 Å². The lowest BCUT2D eigenvalue weighted by molar-refractivity contribution is 0.0671. The van der Waals surface area contributed by atoms with Crippen LogP contribution in [0.15, 0.2) is 34.9 Å². The monoisotopic (exact) mass is 418 g/mol. The number of rotatable bonds is 7. The number of aliphatic imine (C=N–C) groups is 1. The SMILES string of the molecule is CCNC(=NCC(C)(O)c1cnn(C)c1)NCC1CCCN(C)C1c1cccs1. The Morgan fingerprint density at radius 1 is 1.41 bits per heavy atom. The molecule has 3 atom stereocenters. The number of hydrogen-bond donors (Lipinski definition) is 3. The van der Waals surface area contributed by atoms with Crippen LogP contribution in [0.3, 0.4) is 0 Å². The van der Waals surface area contributed by atoms with Crippen molar-refractivity contribution in [3.63, 3.8) is 0 Å². The zero-order chi connectivity index (χ0) is 20.9. The number of likely N-dealkylation sites (tertiary alicyclic amines) is 1. The summed E-state index contributed by atoms with van der Waals surface area (Å²) in [5.41, 5.74) is -0.285. The first-order valence-corrected chi connectivity index (χ1v) is 11.3. The van der Waals surface area contributed by atoms with Crippen LogP contribution in [-0.4, -0.2) is 59.0 Å². The number of nitrogens with one attached hydrogen (secondary N) is 2. The van der Waals surface area contributed by atoms with E-state index in [4.69, 9.17) is 0 Å². The Labute approximate surface area is 177 Å². The molecule has 0 aliphatic carbocycles. The van der Waals surface area contributed by atoms with Gasteiger partial charge in [0.15, 0.2) is 5.96 Å². The highest BCUT2D eigenvalue weighted by Gasteiger charge is 2.31. The summed E-state index contributed by atoms with van der Waals surface area (Å²) in [4.78, 5) is 8.56. The smallest absolute Gasteiger partial charge is 0.191 e. The maximum atomic E-state index is 10.8. The number of aromatic nitrogens is 2. The van der Waals surface area contributed by atoms with Gasteiger partial charge < -0.3 is 15.7 Å². The minimum atomic E-state index is -1.05. The largest absolute Gasteiger partial charge is 0.383 e. The van der Waals surface area contributed by atoms with Crippen LogP contribution >= 0.6 is 11.3 Å². The van der Waals surface area contributed by atoms with Gasteiger partial charge in [-0.2, -0.15) is 5.10 Å². The van der Waals surface area contributed by atoms with Crippen molar-refractivity contribution in [1.82, 2.24) is 25.3 Å². The van der Waals surface area contributed by atoms with Gasteiger partial charge in [0, 0.05) is 42.8 Å². The Kier molecular flexibility index (Phi) is 7.32. The summed E-state index contributed by atoms with van der Waals surface area (Å²) < 4.78 is 1.70. The molecule has 3 heterocycles. The summed E-state index contributed by atoms with van der Waals surface area (Å²) in [6.07, 6.45) is 5.94. The molecule has 0 saturated carbocycles. The lowest BCUT2D eigenvalue weighted by Crippen LogP contribution is -2.45. The maximum absolute atomic E-state index is 10.8. The summed E-state index contributed by atoms with van der Waals surface area (Å²) in [5, 5.41) is 24.0. The van der Waals surface area contributed by atoms with Crippen molar-refractivity contribution in [2.45, 2.75) is 38.3 Å². The number of thiophene rings is 1. The molecule has 3 N–H and O–H groups in total.